The first kappa shape index (κ1) is 23.6. The Morgan fingerprint density at radius 3 is 2.09 bits per heavy atom. The number of rotatable bonds is 2. The van der Waals surface area contributed by atoms with E-state index in [0.717, 1.165) is 5.69 Å². The molecule has 0 saturated heterocycles. The summed E-state index contributed by atoms with van der Waals surface area (Å²) in [5.41, 5.74) is 7.94. The van der Waals surface area contributed by atoms with Crippen LogP contribution < -0.4 is 4.40 Å². The van der Waals surface area contributed by atoms with Gasteiger partial charge in [-0.15, -0.1) is 0 Å². The van der Waals surface area contributed by atoms with Crippen LogP contribution in [0, 0.1) is 20.8 Å². The van der Waals surface area contributed by atoms with Crippen molar-refractivity contribution < 1.29 is 0 Å². The van der Waals surface area contributed by atoms with Crippen molar-refractivity contribution in [3.63, 3.8) is 0 Å². The van der Waals surface area contributed by atoms with Crippen molar-refractivity contribution in [1.82, 2.24) is 4.98 Å². The summed E-state index contributed by atoms with van der Waals surface area (Å²) in [6, 6.07) is 16.4. The molecule has 3 aromatic carbocycles. The Morgan fingerprint density at radius 2 is 1.41 bits per heavy atom. The van der Waals surface area contributed by atoms with Gasteiger partial charge in [0, 0.05) is 0 Å². The van der Waals surface area contributed by atoms with Crippen LogP contribution in [0.3, 0.4) is 0 Å². The van der Waals surface area contributed by atoms with Crippen molar-refractivity contribution in [1.29, 1.82) is 0 Å². The van der Waals surface area contributed by atoms with Crippen LogP contribution in [-0.4, -0.2) is 18.3 Å². The zero-order valence-electron chi connectivity index (χ0n) is 22.0. The molecule has 1 nitrogen and oxygen atoms in total. The van der Waals surface area contributed by atoms with Gasteiger partial charge in [0.05, 0.1) is 0 Å². The molecule has 34 heavy (non-hydrogen) atoms. The maximum absolute atomic E-state index is 4.98. The van der Waals surface area contributed by atoms with Crippen LogP contribution >= 0.6 is 11.3 Å². The summed E-state index contributed by atoms with van der Waals surface area (Å²) in [5.74, 6) is 7.53. The average molecular weight is 526 g/mol. The van der Waals surface area contributed by atoms with Crippen LogP contribution in [0.4, 0.5) is 0 Å². The van der Waals surface area contributed by atoms with Crippen LogP contribution in [0.25, 0.3) is 42.2 Å². The number of fused-ring (bicyclic) bond motifs is 4. The van der Waals surface area contributed by atoms with Crippen molar-refractivity contribution in [2.45, 2.75) is 64.2 Å². The molecule has 174 valence electrons. The number of hydrogen-bond acceptors (Lipinski definition) is 2. The standard InChI is InChI=1S/C31H35GeNS/c1-18-10-11-23-24-12-13-33-28(30(24)34-29(23)27(18)32(7,8)9)22-16-21-14-19(2)20(3)15-25(21)26(17-22)31(4,5)6/h10-17H,1-9H3. The zero-order valence-corrected chi connectivity index (χ0v) is 24.9. The van der Waals surface area contributed by atoms with Crippen LogP contribution in [0.15, 0.2) is 48.7 Å². The molecule has 0 N–H and O–H groups in total. The molecule has 2 aromatic heterocycles. The van der Waals surface area contributed by atoms with E-state index in [1.54, 1.807) is 4.40 Å². The quantitative estimate of drug-likeness (QED) is 0.209. The third-order valence-corrected chi connectivity index (χ3v) is 13.3. The van der Waals surface area contributed by atoms with E-state index in [4.69, 9.17) is 4.98 Å². The second-order valence-corrected chi connectivity index (χ2v) is 23.5. The number of benzene rings is 3. The Labute approximate surface area is 210 Å². The predicted molar refractivity (Wildman–Crippen MR) is 156 cm³/mol. The number of pyridine rings is 1. The molecule has 0 aliphatic rings. The Hall–Kier alpha value is -2.17. The zero-order chi connectivity index (χ0) is 24.6. The summed E-state index contributed by atoms with van der Waals surface area (Å²) in [5, 5.41) is 5.41. The van der Waals surface area contributed by atoms with Gasteiger partial charge in [0.15, 0.2) is 0 Å². The molecule has 5 aromatic rings. The summed E-state index contributed by atoms with van der Waals surface area (Å²) in [4.78, 5) is 4.98. The van der Waals surface area contributed by atoms with Gasteiger partial charge in [-0.05, 0) is 0 Å². The third kappa shape index (κ3) is 3.80. The molecule has 0 aliphatic heterocycles. The summed E-state index contributed by atoms with van der Waals surface area (Å²) in [6.45, 7) is 13.7. The molecule has 0 saturated carbocycles. The van der Waals surface area contributed by atoms with Crippen molar-refractivity contribution in [2.75, 3.05) is 0 Å². The van der Waals surface area contributed by atoms with Gasteiger partial charge in [0.1, 0.15) is 0 Å². The first-order chi connectivity index (χ1) is 15.9. The maximum atomic E-state index is 4.98. The number of aromatic nitrogens is 1. The predicted octanol–water partition coefficient (Wildman–Crippen LogP) is 9.04. The van der Waals surface area contributed by atoms with Gasteiger partial charge >= 0.3 is 211 Å². The molecule has 0 fully saturated rings. The summed E-state index contributed by atoms with van der Waals surface area (Å²) < 4.78 is 4.45. The molecule has 0 unspecified atom stereocenters. The molecule has 2 heterocycles. The second-order valence-electron chi connectivity index (χ2n) is 12.0. The van der Waals surface area contributed by atoms with E-state index in [9.17, 15) is 0 Å². The minimum atomic E-state index is -2.05. The van der Waals surface area contributed by atoms with E-state index in [0.29, 0.717) is 0 Å². The fourth-order valence-corrected chi connectivity index (χ4v) is 13.0. The molecule has 0 atom stereocenters. The van der Waals surface area contributed by atoms with Crippen molar-refractivity contribution in [3.8, 4) is 11.3 Å². The fourth-order valence-electron chi connectivity index (χ4n) is 5.39. The first-order valence-electron chi connectivity index (χ1n) is 12.2. The van der Waals surface area contributed by atoms with Crippen LogP contribution in [0.2, 0.25) is 17.3 Å². The van der Waals surface area contributed by atoms with E-state index < -0.39 is 13.3 Å². The van der Waals surface area contributed by atoms with Crippen LogP contribution in [-0.2, 0) is 5.41 Å². The molecule has 0 spiro atoms. The molecule has 5 rings (SSSR count). The summed E-state index contributed by atoms with van der Waals surface area (Å²) in [7, 11) is 0. The molecular formula is C31H35GeNS. The normalized spacial score (nSPS) is 12.9. The van der Waals surface area contributed by atoms with Gasteiger partial charge in [-0.3, -0.25) is 0 Å². The Bertz CT molecular complexity index is 1590. The van der Waals surface area contributed by atoms with E-state index >= 15 is 0 Å². The van der Waals surface area contributed by atoms with Crippen molar-refractivity contribution in [2.24, 2.45) is 0 Å². The van der Waals surface area contributed by atoms with Gasteiger partial charge in [0.2, 0.25) is 0 Å². The van der Waals surface area contributed by atoms with Gasteiger partial charge < -0.3 is 0 Å². The third-order valence-electron chi connectivity index (χ3n) is 7.16. The molecule has 0 bridgehead atoms. The Morgan fingerprint density at radius 1 is 0.735 bits per heavy atom. The second kappa shape index (κ2) is 7.93. The number of aryl methyl sites for hydroxylation is 3. The molecule has 3 heteroatoms. The van der Waals surface area contributed by atoms with Crippen LogP contribution in [0.5, 0.6) is 0 Å². The van der Waals surface area contributed by atoms with Gasteiger partial charge in [-0.2, -0.15) is 0 Å². The van der Waals surface area contributed by atoms with Crippen LogP contribution in [0.1, 0.15) is 43.0 Å². The molecule has 0 aliphatic carbocycles. The number of nitrogens with zero attached hydrogens (tertiary/aromatic N) is 1. The van der Waals surface area contributed by atoms with Gasteiger partial charge in [-0.1, -0.05) is 0 Å². The molecular weight excluding hydrogens is 491 g/mol. The van der Waals surface area contributed by atoms with E-state index in [2.05, 4.69) is 101 Å². The first-order valence-corrected chi connectivity index (χ1v) is 20.4. The summed E-state index contributed by atoms with van der Waals surface area (Å²) in [6.07, 6.45) is 2.00. The van der Waals surface area contributed by atoms with E-state index in [1.807, 2.05) is 17.5 Å². The molecule has 0 radical (unpaired) electrons. The average Bonchev–Trinajstić information content (AvgIpc) is 3.10. The topological polar surface area (TPSA) is 12.9 Å². The van der Waals surface area contributed by atoms with Gasteiger partial charge in [-0.25, -0.2) is 0 Å². The van der Waals surface area contributed by atoms with Crippen molar-refractivity contribution in [3.05, 3.63) is 70.9 Å². The minimum absolute atomic E-state index is 0.0497. The monoisotopic (exact) mass is 527 g/mol. The van der Waals surface area contributed by atoms with Gasteiger partial charge in [0.25, 0.3) is 0 Å². The Balaban J connectivity index is 1.87. The molecule has 0 amide bonds. The van der Waals surface area contributed by atoms with E-state index in [-0.39, 0.29) is 5.41 Å². The summed E-state index contributed by atoms with van der Waals surface area (Å²) >= 11 is -0.0895. The van der Waals surface area contributed by atoms with Crippen molar-refractivity contribution >= 4 is 59.9 Å². The van der Waals surface area contributed by atoms with E-state index in [1.165, 1.54) is 58.8 Å². The SMILES string of the molecule is Cc1cc2cc(-c3nccc4c3sc3[c]([Ge]([CH3])([CH3])[CH3])c(C)ccc34)cc(C(C)(C)C)c2cc1C. The number of thiophene rings is 1. The number of hydrogen-bond donors (Lipinski definition) is 0. The fraction of sp³-hybridized carbons (Fsp3) is 0.323. The Kier molecular flexibility index (Phi) is 5.50.